The van der Waals surface area contributed by atoms with Crippen LogP contribution in [0.1, 0.15) is 37.0 Å². The lowest BCUT2D eigenvalue weighted by Crippen LogP contribution is -2.36. The van der Waals surface area contributed by atoms with Crippen LogP contribution in [0.4, 0.5) is 0 Å². The van der Waals surface area contributed by atoms with Crippen LogP contribution in [0.5, 0.6) is 0 Å². The van der Waals surface area contributed by atoms with Crippen LogP contribution >= 0.6 is 22.9 Å². The van der Waals surface area contributed by atoms with E-state index in [1.54, 1.807) is 18.4 Å². The number of thiazole rings is 1. The Morgan fingerprint density at radius 1 is 1.63 bits per heavy atom. The van der Waals surface area contributed by atoms with Gasteiger partial charge >= 0.3 is 0 Å². The van der Waals surface area contributed by atoms with Crippen LogP contribution in [0.25, 0.3) is 0 Å². The molecule has 2 unspecified atom stereocenters. The maximum atomic E-state index is 11.6. The Hall–Kier alpha value is -0.650. The Balaban J connectivity index is 2.71. The zero-order valence-corrected chi connectivity index (χ0v) is 13.5. The highest BCUT2D eigenvalue weighted by Crippen LogP contribution is 2.27. The first-order valence-electron chi connectivity index (χ1n) is 6.45. The van der Waals surface area contributed by atoms with Crippen LogP contribution in [0.15, 0.2) is 5.38 Å². The predicted octanol–water partition coefficient (Wildman–Crippen LogP) is 2.65. The molecule has 0 spiro atoms. The minimum Gasteiger partial charge on any atom is -0.359 e. The van der Waals surface area contributed by atoms with Gasteiger partial charge in [0.15, 0.2) is 0 Å². The molecule has 108 valence electrons. The van der Waals surface area contributed by atoms with Gasteiger partial charge in [0.2, 0.25) is 5.91 Å². The summed E-state index contributed by atoms with van der Waals surface area (Å²) in [6.07, 6.45) is 0.964. The van der Waals surface area contributed by atoms with Crippen molar-refractivity contribution < 1.29 is 4.79 Å². The summed E-state index contributed by atoms with van der Waals surface area (Å²) in [5.41, 5.74) is 0.924. The molecule has 0 bridgehead atoms. The van der Waals surface area contributed by atoms with E-state index in [1.165, 1.54) is 0 Å². The van der Waals surface area contributed by atoms with Gasteiger partial charge in [-0.15, -0.1) is 22.9 Å². The minimum absolute atomic E-state index is 0.0310. The van der Waals surface area contributed by atoms with Crippen molar-refractivity contribution in [3.8, 4) is 0 Å². The van der Waals surface area contributed by atoms with Gasteiger partial charge in [-0.2, -0.15) is 0 Å². The molecule has 0 aliphatic carbocycles. The molecule has 0 radical (unpaired) electrons. The van der Waals surface area contributed by atoms with Gasteiger partial charge in [0.1, 0.15) is 5.01 Å². The molecule has 1 heterocycles. The fourth-order valence-electron chi connectivity index (χ4n) is 2.10. The summed E-state index contributed by atoms with van der Waals surface area (Å²) in [4.78, 5) is 18.3. The van der Waals surface area contributed by atoms with E-state index in [-0.39, 0.29) is 17.9 Å². The number of amides is 1. The van der Waals surface area contributed by atoms with Gasteiger partial charge in [-0.25, -0.2) is 4.98 Å². The summed E-state index contributed by atoms with van der Waals surface area (Å²) in [6, 6.07) is 0.245. The third-order valence-corrected chi connectivity index (χ3v) is 4.43. The lowest BCUT2D eigenvalue weighted by atomic mass is 10.1. The zero-order valence-electron chi connectivity index (χ0n) is 11.9. The summed E-state index contributed by atoms with van der Waals surface area (Å²) >= 11 is 7.43. The molecule has 0 aromatic carbocycles. The molecule has 0 saturated heterocycles. The zero-order chi connectivity index (χ0) is 14.4. The molecule has 1 N–H and O–H groups in total. The van der Waals surface area contributed by atoms with Crippen molar-refractivity contribution in [2.24, 2.45) is 5.92 Å². The number of alkyl halides is 1. The maximum Gasteiger partial charge on any atom is 0.223 e. The van der Waals surface area contributed by atoms with Crippen LogP contribution in [-0.4, -0.2) is 36.4 Å². The molecular formula is C13H22ClN3OS. The maximum absolute atomic E-state index is 11.6. The summed E-state index contributed by atoms with van der Waals surface area (Å²) in [6.45, 7) is 4.79. The highest BCUT2D eigenvalue weighted by atomic mass is 35.5. The molecule has 0 aliphatic rings. The van der Waals surface area contributed by atoms with Crippen LogP contribution in [0.2, 0.25) is 0 Å². The minimum atomic E-state index is -0.0310. The fraction of sp³-hybridized carbons (Fsp3) is 0.692. The van der Waals surface area contributed by atoms with E-state index in [0.717, 1.165) is 17.1 Å². The molecule has 19 heavy (non-hydrogen) atoms. The number of nitrogens with zero attached hydrogens (tertiary/aromatic N) is 2. The molecule has 0 saturated carbocycles. The lowest BCUT2D eigenvalue weighted by Gasteiger charge is -2.27. The number of carbonyl (C=O) groups is 1. The molecule has 1 aromatic heterocycles. The normalized spacial score (nSPS) is 14.4. The first-order chi connectivity index (χ1) is 9.03. The second kappa shape index (κ2) is 7.82. The average molecular weight is 304 g/mol. The SMILES string of the molecule is CCC(c1nc(CCl)cs1)N(C)CC(C)C(=O)NC. The Morgan fingerprint density at radius 3 is 2.79 bits per heavy atom. The molecule has 4 nitrogen and oxygen atoms in total. The predicted molar refractivity (Wildman–Crippen MR) is 80.6 cm³/mol. The van der Waals surface area contributed by atoms with Crippen molar-refractivity contribution in [2.45, 2.75) is 32.2 Å². The lowest BCUT2D eigenvalue weighted by molar-refractivity contribution is -0.124. The van der Waals surface area contributed by atoms with E-state index in [1.807, 2.05) is 19.4 Å². The first-order valence-corrected chi connectivity index (χ1v) is 7.86. The number of hydrogen-bond acceptors (Lipinski definition) is 4. The fourth-order valence-corrected chi connectivity index (χ4v) is 3.40. The van der Waals surface area contributed by atoms with Crippen molar-refractivity contribution >= 4 is 28.8 Å². The molecule has 1 amide bonds. The van der Waals surface area contributed by atoms with Crippen molar-refractivity contribution in [1.82, 2.24) is 15.2 Å². The largest absolute Gasteiger partial charge is 0.359 e. The average Bonchev–Trinajstić information content (AvgIpc) is 2.87. The van der Waals surface area contributed by atoms with E-state index in [9.17, 15) is 4.79 Å². The van der Waals surface area contributed by atoms with Gasteiger partial charge in [-0.05, 0) is 13.5 Å². The topological polar surface area (TPSA) is 45.2 Å². The third kappa shape index (κ3) is 4.44. The number of hydrogen-bond donors (Lipinski definition) is 1. The van der Waals surface area contributed by atoms with Crippen LogP contribution in [0, 0.1) is 5.92 Å². The summed E-state index contributed by atoms with van der Waals surface area (Å²) < 4.78 is 0. The highest BCUT2D eigenvalue weighted by Gasteiger charge is 2.22. The molecule has 0 aliphatic heterocycles. The Kier molecular flexibility index (Phi) is 6.75. The summed E-state index contributed by atoms with van der Waals surface area (Å²) in [5.74, 6) is 0.490. The van der Waals surface area contributed by atoms with Crippen LogP contribution in [0.3, 0.4) is 0 Å². The van der Waals surface area contributed by atoms with Crippen LogP contribution in [-0.2, 0) is 10.7 Å². The molecule has 1 rings (SSSR count). The van der Waals surface area contributed by atoms with Gasteiger partial charge in [0.25, 0.3) is 0 Å². The van der Waals surface area contributed by atoms with E-state index in [2.05, 4.69) is 22.1 Å². The molecule has 1 aromatic rings. The summed E-state index contributed by atoms with van der Waals surface area (Å²) in [5, 5.41) is 5.76. The molecule has 6 heteroatoms. The van der Waals surface area contributed by atoms with Crippen molar-refractivity contribution in [3.05, 3.63) is 16.1 Å². The van der Waals surface area contributed by atoms with E-state index in [4.69, 9.17) is 11.6 Å². The second-order valence-corrected chi connectivity index (χ2v) is 5.85. The second-order valence-electron chi connectivity index (χ2n) is 4.69. The molecular weight excluding hydrogens is 282 g/mol. The van der Waals surface area contributed by atoms with Gasteiger partial charge < -0.3 is 5.32 Å². The monoisotopic (exact) mass is 303 g/mol. The van der Waals surface area contributed by atoms with Crippen molar-refractivity contribution in [3.63, 3.8) is 0 Å². The van der Waals surface area contributed by atoms with Gasteiger partial charge in [0.05, 0.1) is 17.6 Å². The third-order valence-electron chi connectivity index (χ3n) is 3.17. The highest BCUT2D eigenvalue weighted by molar-refractivity contribution is 7.09. The van der Waals surface area contributed by atoms with Crippen molar-refractivity contribution in [2.75, 3.05) is 20.6 Å². The number of nitrogens with one attached hydrogen (secondary N) is 1. The van der Waals surface area contributed by atoms with E-state index < -0.39 is 0 Å². The number of carbonyl (C=O) groups excluding carboxylic acids is 1. The first kappa shape index (κ1) is 16.4. The number of aromatic nitrogens is 1. The number of halogens is 1. The van der Waals surface area contributed by atoms with Crippen LogP contribution < -0.4 is 5.32 Å². The Bertz CT molecular complexity index is 410. The Labute approximate surface area is 124 Å². The quantitative estimate of drug-likeness (QED) is 0.788. The summed E-state index contributed by atoms with van der Waals surface area (Å²) in [7, 11) is 3.71. The molecule has 0 fully saturated rings. The number of rotatable bonds is 7. The molecule has 2 atom stereocenters. The van der Waals surface area contributed by atoms with Gasteiger partial charge in [-0.3, -0.25) is 9.69 Å². The van der Waals surface area contributed by atoms with E-state index in [0.29, 0.717) is 12.4 Å². The Morgan fingerprint density at radius 2 is 2.32 bits per heavy atom. The smallest absolute Gasteiger partial charge is 0.223 e. The standard InChI is InChI=1S/C13H22ClN3OS/c1-5-11(13-16-10(6-14)8-19-13)17(4)7-9(2)12(18)15-3/h8-9,11H,5-7H2,1-4H3,(H,15,18). The van der Waals surface area contributed by atoms with Gasteiger partial charge in [0, 0.05) is 24.9 Å². The van der Waals surface area contributed by atoms with Crippen molar-refractivity contribution in [1.29, 1.82) is 0 Å². The van der Waals surface area contributed by atoms with E-state index >= 15 is 0 Å². The van der Waals surface area contributed by atoms with Gasteiger partial charge in [-0.1, -0.05) is 13.8 Å².